The highest BCUT2D eigenvalue weighted by Crippen LogP contribution is 2.44. The molecule has 0 spiro atoms. The summed E-state index contributed by atoms with van der Waals surface area (Å²) in [7, 11) is 0. The number of nitrogens with zero attached hydrogens (tertiary/aromatic N) is 1. The van der Waals surface area contributed by atoms with Crippen molar-refractivity contribution in [1.29, 1.82) is 0 Å². The number of carbonyl (C=O) groups is 3. The number of hydrogen-bond acceptors (Lipinski definition) is 3. The molecule has 3 atom stereocenters. The number of fused-ring (bicyclic) bond motifs is 1. The topological polar surface area (TPSA) is 66.5 Å². The van der Waals surface area contributed by atoms with Gasteiger partial charge in [0.1, 0.15) is 6.54 Å². The minimum Gasteiger partial charge on any atom is -0.325 e. The van der Waals surface area contributed by atoms with E-state index in [1.54, 1.807) is 12.1 Å². The van der Waals surface area contributed by atoms with Crippen LogP contribution in [0.25, 0.3) is 0 Å². The number of nitrogens with one attached hydrogen (secondary N) is 1. The summed E-state index contributed by atoms with van der Waals surface area (Å²) in [5, 5.41) is 2.75. The van der Waals surface area contributed by atoms with Crippen molar-refractivity contribution in [3.05, 3.63) is 64.6 Å². The highest BCUT2D eigenvalue weighted by atomic mass is 79.9. The van der Waals surface area contributed by atoms with E-state index < -0.39 is 0 Å². The molecular weight excluding hydrogens is 420 g/mol. The van der Waals surface area contributed by atoms with E-state index in [1.165, 1.54) is 5.56 Å². The molecule has 1 aliphatic carbocycles. The Morgan fingerprint density at radius 1 is 0.964 bits per heavy atom. The summed E-state index contributed by atoms with van der Waals surface area (Å²) < 4.78 is 0.910. The number of anilines is 1. The first-order chi connectivity index (χ1) is 13.5. The zero-order valence-corrected chi connectivity index (χ0v) is 16.9. The SMILES string of the molecule is O=C(CN1C(=O)[C@H]2CC[C@H](c3ccccc3)C[C@H]2C1=O)Nc1ccc(Br)cc1. The van der Waals surface area contributed by atoms with Crippen molar-refractivity contribution in [2.45, 2.75) is 25.2 Å². The molecule has 2 aromatic rings. The van der Waals surface area contributed by atoms with Crippen molar-refractivity contribution in [2.24, 2.45) is 11.8 Å². The van der Waals surface area contributed by atoms with Crippen LogP contribution in [0.3, 0.4) is 0 Å². The van der Waals surface area contributed by atoms with Crippen molar-refractivity contribution >= 4 is 39.3 Å². The van der Waals surface area contributed by atoms with Gasteiger partial charge in [-0.3, -0.25) is 19.3 Å². The molecule has 1 N–H and O–H groups in total. The van der Waals surface area contributed by atoms with E-state index in [-0.39, 0.29) is 42.0 Å². The van der Waals surface area contributed by atoms with Crippen LogP contribution in [0.2, 0.25) is 0 Å². The van der Waals surface area contributed by atoms with Crippen LogP contribution in [0, 0.1) is 11.8 Å². The monoisotopic (exact) mass is 440 g/mol. The van der Waals surface area contributed by atoms with Crippen molar-refractivity contribution in [1.82, 2.24) is 4.90 Å². The predicted octanol–water partition coefficient (Wildman–Crippen LogP) is 3.96. The second-order valence-electron chi connectivity index (χ2n) is 7.45. The van der Waals surface area contributed by atoms with Gasteiger partial charge < -0.3 is 5.32 Å². The van der Waals surface area contributed by atoms with Crippen LogP contribution in [0.15, 0.2) is 59.1 Å². The molecule has 1 aliphatic heterocycles. The van der Waals surface area contributed by atoms with Gasteiger partial charge in [0.25, 0.3) is 0 Å². The number of likely N-dealkylation sites (tertiary alicyclic amines) is 1. The second-order valence-corrected chi connectivity index (χ2v) is 8.37. The molecule has 1 saturated heterocycles. The van der Waals surface area contributed by atoms with Crippen molar-refractivity contribution in [3.63, 3.8) is 0 Å². The minimum atomic E-state index is -0.359. The largest absolute Gasteiger partial charge is 0.325 e. The Morgan fingerprint density at radius 2 is 1.64 bits per heavy atom. The first kappa shape index (κ1) is 18.9. The van der Waals surface area contributed by atoms with Gasteiger partial charge in [0.2, 0.25) is 17.7 Å². The maximum absolute atomic E-state index is 12.9. The van der Waals surface area contributed by atoms with E-state index in [0.717, 1.165) is 15.8 Å². The molecular formula is C22H21BrN2O3. The fraction of sp³-hybridized carbons (Fsp3) is 0.318. The van der Waals surface area contributed by atoms with E-state index in [9.17, 15) is 14.4 Å². The number of halogens is 1. The molecule has 0 aromatic heterocycles. The Kier molecular flexibility index (Phi) is 5.31. The fourth-order valence-electron chi connectivity index (χ4n) is 4.31. The van der Waals surface area contributed by atoms with Crippen molar-refractivity contribution < 1.29 is 14.4 Å². The molecule has 5 nitrogen and oxygen atoms in total. The zero-order chi connectivity index (χ0) is 19.7. The smallest absolute Gasteiger partial charge is 0.244 e. The van der Waals surface area contributed by atoms with Crippen LogP contribution in [0.1, 0.15) is 30.7 Å². The van der Waals surface area contributed by atoms with Gasteiger partial charge in [-0.25, -0.2) is 0 Å². The average Bonchev–Trinajstić information content (AvgIpc) is 2.95. The minimum absolute atomic E-state index is 0.201. The highest BCUT2D eigenvalue weighted by molar-refractivity contribution is 9.10. The molecule has 0 unspecified atom stereocenters. The Labute approximate surface area is 172 Å². The third-order valence-electron chi connectivity index (χ3n) is 5.72. The van der Waals surface area contributed by atoms with Crippen LogP contribution in [0.4, 0.5) is 5.69 Å². The standard InChI is InChI=1S/C22H21BrN2O3/c23-16-7-9-17(10-8-16)24-20(26)13-25-21(27)18-11-6-15(12-19(18)22(25)28)14-4-2-1-3-5-14/h1-5,7-10,15,18-19H,6,11-13H2,(H,24,26)/t15-,18-,19+/m0/s1. The summed E-state index contributed by atoms with van der Waals surface area (Å²) in [6.45, 7) is -0.225. The quantitative estimate of drug-likeness (QED) is 0.731. The fourth-order valence-corrected chi connectivity index (χ4v) is 4.57. The summed E-state index contributed by atoms with van der Waals surface area (Å²) >= 11 is 3.34. The molecule has 2 aliphatic rings. The third kappa shape index (κ3) is 3.74. The maximum atomic E-state index is 12.9. The second kappa shape index (κ2) is 7.87. The van der Waals surface area contributed by atoms with Gasteiger partial charge in [0.05, 0.1) is 11.8 Å². The Morgan fingerprint density at radius 3 is 2.36 bits per heavy atom. The van der Waals surface area contributed by atoms with Crippen molar-refractivity contribution in [2.75, 3.05) is 11.9 Å². The van der Waals surface area contributed by atoms with Gasteiger partial charge in [0.15, 0.2) is 0 Å². The molecule has 2 fully saturated rings. The molecule has 0 bridgehead atoms. The molecule has 1 heterocycles. The number of hydrogen-bond donors (Lipinski definition) is 1. The van der Waals surface area contributed by atoms with Gasteiger partial charge >= 0.3 is 0 Å². The van der Waals surface area contributed by atoms with Crippen LogP contribution in [-0.4, -0.2) is 29.2 Å². The lowest BCUT2D eigenvalue weighted by Crippen LogP contribution is -2.38. The van der Waals surface area contributed by atoms with E-state index in [4.69, 9.17) is 0 Å². The summed E-state index contributed by atoms with van der Waals surface area (Å²) in [6.07, 6.45) is 2.26. The van der Waals surface area contributed by atoms with Crippen LogP contribution in [0.5, 0.6) is 0 Å². The summed E-state index contributed by atoms with van der Waals surface area (Å²) in [4.78, 5) is 39.1. The van der Waals surface area contributed by atoms with Crippen LogP contribution < -0.4 is 5.32 Å². The molecule has 144 valence electrons. The van der Waals surface area contributed by atoms with Crippen LogP contribution >= 0.6 is 15.9 Å². The van der Waals surface area contributed by atoms with E-state index in [0.29, 0.717) is 18.5 Å². The van der Waals surface area contributed by atoms with Gasteiger partial charge in [-0.05, 0) is 55.0 Å². The average molecular weight is 441 g/mol. The first-order valence-corrected chi connectivity index (χ1v) is 10.3. The Bertz CT molecular complexity index is 898. The molecule has 3 amide bonds. The summed E-state index contributed by atoms with van der Waals surface area (Å²) in [5.41, 5.74) is 1.85. The number of benzene rings is 2. The Balaban J connectivity index is 1.42. The number of amides is 3. The molecule has 28 heavy (non-hydrogen) atoms. The number of rotatable bonds is 4. The molecule has 6 heteroatoms. The van der Waals surface area contributed by atoms with Gasteiger partial charge in [-0.1, -0.05) is 46.3 Å². The molecule has 1 saturated carbocycles. The lowest BCUT2D eigenvalue weighted by Gasteiger charge is -2.28. The lowest BCUT2D eigenvalue weighted by molar-refractivity contribution is -0.142. The predicted molar refractivity (Wildman–Crippen MR) is 110 cm³/mol. The van der Waals surface area contributed by atoms with E-state index in [1.807, 2.05) is 30.3 Å². The highest BCUT2D eigenvalue weighted by Gasteiger charge is 2.50. The number of imide groups is 1. The Hall–Kier alpha value is -2.47. The zero-order valence-electron chi connectivity index (χ0n) is 15.3. The number of carbonyl (C=O) groups excluding carboxylic acids is 3. The van der Waals surface area contributed by atoms with Gasteiger partial charge in [-0.2, -0.15) is 0 Å². The van der Waals surface area contributed by atoms with Gasteiger partial charge in [-0.15, -0.1) is 0 Å². The lowest BCUT2D eigenvalue weighted by atomic mass is 9.73. The first-order valence-electron chi connectivity index (χ1n) is 9.48. The maximum Gasteiger partial charge on any atom is 0.244 e. The molecule has 4 rings (SSSR count). The molecule has 2 aromatic carbocycles. The normalized spacial score (nSPS) is 24.2. The van der Waals surface area contributed by atoms with E-state index >= 15 is 0 Å². The third-order valence-corrected chi connectivity index (χ3v) is 6.25. The molecule has 0 radical (unpaired) electrons. The summed E-state index contributed by atoms with van der Waals surface area (Å²) in [5.74, 6) is -1.08. The van der Waals surface area contributed by atoms with Crippen LogP contribution in [-0.2, 0) is 14.4 Å². The van der Waals surface area contributed by atoms with E-state index in [2.05, 4.69) is 33.4 Å². The van der Waals surface area contributed by atoms with Crippen molar-refractivity contribution in [3.8, 4) is 0 Å². The summed E-state index contributed by atoms with van der Waals surface area (Å²) in [6, 6.07) is 17.3. The van der Waals surface area contributed by atoms with Gasteiger partial charge in [0, 0.05) is 10.2 Å².